The summed E-state index contributed by atoms with van der Waals surface area (Å²) in [6.07, 6.45) is 1.63. The molecule has 0 fully saturated rings. The Morgan fingerprint density at radius 2 is 1.53 bits per heavy atom. The van der Waals surface area contributed by atoms with E-state index in [-0.39, 0.29) is 10.9 Å². The average Bonchev–Trinajstić information content (AvgIpc) is 2.77. The van der Waals surface area contributed by atoms with Crippen molar-refractivity contribution in [3.05, 3.63) is 102 Å². The quantitative estimate of drug-likeness (QED) is 0.234. The molecule has 1 atom stereocenters. The molecule has 3 aromatic carbocycles. The Morgan fingerprint density at radius 3 is 2.13 bits per heavy atom. The van der Waals surface area contributed by atoms with Gasteiger partial charge in [-0.1, -0.05) is 0 Å². The van der Waals surface area contributed by atoms with E-state index in [1.54, 1.807) is 18.3 Å². The molecule has 0 amide bonds. The van der Waals surface area contributed by atoms with Crippen LogP contribution >= 0.6 is 0 Å². The third-order valence-corrected chi connectivity index (χ3v) is 8.34. The maximum absolute atomic E-state index is 13.7. The van der Waals surface area contributed by atoms with Crippen molar-refractivity contribution in [1.82, 2.24) is 4.41 Å². The van der Waals surface area contributed by atoms with Crippen molar-refractivity contribution in [2.75, 3.05) is 0 Å². The molecule has 4 nitrogen and oxygen atoms in total. The summed E-state index contributed by atoms with van der Waals surface area (Å²) in [5.74, 6) is 0. The molecule has 0 radical (unpaired) electrons. The van der Waals surface area contributed by atoms with Gasteiger partial charge in [0.15, 0.2) is 0 Å². The molecule has 0 saturated heterocycles. The van der Waals surface area contributed by atoms with Gasteiger partial charge in [0.1, 0.15) is 0 Å². The number of aryl methyl sites for hydroxylation is 1. The van der Waals surface area contributed by atoms with Crippen molar-refractivity contribution in [2.24, 2.45) is 5.10 Å². The van der Waals surface area contributed by atoms with Gasteiger partial charge < -0.3 is 0 Å². The van der Waals surface area contributed by atoms with Gasteiger partial charge in [-0.2, -0.15) is 0 Å². The second kappa shape index (κ2) is 10.6. The summed E-state index contributed by atoms with van der Waals surface area (Å²) in [5.41, 5.74) is 2.82. The Bertz CT molecular complexity index is 1050. The molecule has 156 valence electrons. The Balaban J connectivity index is 2.09. The van der Waals surface area contributed by atoms with Crippen molar-refractivity contribution in [3.63, 3.8) is 0 Å². The van der Waals surface area contributed by atoms with Crippen LogP contribution in [0.25, 0.3) is 0 Å². The van der Waals surface area contributed by atoms with E-state index in [1.807, 2.05) is 79.7 Å². The number of hydrazone groups is 1. The van der Waals surface area contributed by atoms with E-state index in [1.165, 1.54) is 4.41 Å². The van der Waals surface area contributed by atoms with Crippen molar-refractivity contribution < 1.29 is 8.42 Å². The van der Waals surface area contributed by atoms with Crippen molar-refractivity contribution in [1.29, 1.82) is 0 Å². The van der Waals surface area contributed by atoms with Crippen LogP contribution in [0, 0.1) is 6.92 Å². The van der Waals surface area contributed by atoms with E-state index in [2.05, 4.69) is 12.0 Å². The predicted molar refractivity (Wildman–Crippen MR) is 124 cm³/mol. The SMILES string of the molecule is CC[Se]CC(c1ccccc1)N(N=Cc1ccccc1)S(=O)(=O)c1ccc(C)cc1. The fourth-order valence-corrected chi connectivity index (χ4v) is 6.26. The van der Waals surface area contributed by atoms with Gasteiger partial charge in [-0.25, -0.2) is 0 Å². The molecule has 0 bridgehead atoms. The van der Waals surface area contributed by atoms with E-state index >= 15 is 0 Å². The zero-order chi connectivity index (χ0) is 21.4. The third-order valence-electron chi connectivity index (χ3n) is 4.62. The second-order valence-corrected chi connectivity index (χ2v) is 11.4. The van der Waals surface area contributed by atoms with Crippen LogP contribution in [-0.2, 0) is 10.0 Å². The Kier molecular flexibility index (Phi) is 7.86. The van der Waals surface area contributed by atoms with Gasteiger partial charge in [-0.15, -0.1) is 0 Å². The number of rotatable bonds is 9. The zero-order valence-corrected chi connectivity index (χ0v) is 19.7. The van der Waals surface area contributed by atoms with Crippen LogP contribution in [0.2, 0.25) is 10.6 Å². The van der Waals surface area contributed by atoms with Crippen LogP contribution in [0.3, 0.4) is 0 Å². The molecule has 1 unspecified atom stereocenters. The molecular formula is C24H26N2O2SSe. The van der Waals surface area contributed by atoms with Gasteiger partial charge in [0.2, 0.25) is 0 Å². The van der Waals surface area contributed by atoms with Crippen LogP contribution in [-0.4, -0.2) is 34.0 Å². The maximum atomic E-state index is 13.7. The van der Waals surface area contributed by atoms with E-state index in [0.29, 0.717) is 15.0 Å². The first-order chi connectivity index (χ1) is 14.5. The van der Waals surface area contributed by atoms with E-state index in [4.69, 9.17) is 0 Å². The number of benzene rings is 3. The van der Waals surface area contributed by atoms with Crippen molar-refractivity contribution in [3.8, 4) is 0 Å². The Morgan fingerprint density at radius 1 is 0.933 bits per heavy atom. The van der Waals surface area contributed by atoms with Gasteiger partial charge in [-0.3, -0.25) is 0 Å². The summed E-state index contributed by atoms with van der Waals surface area (Å²) >= 11 is 0.309. The number of hydrogen-bond donors (Lipinski definition) is 0. The van der Waals surface area contributed by atoms with Gasteiger partial charge in [0.05, 0.1) is 0 Å². The number of nitrogens with zero attached hydrogens (tertiary/aromatic N) is 2. The molecule has 0 spiro atoms. The van der Waals surface area contributed by atoms with E-state index in [9.17, 15) is 8.42 Å². The molecule has 0 aromatic heterocycles. The fourth-order valence-electron chi connectivity index (χ4n) is 2.98. The minimum absolute atomic E-state index is 0.253. The summed E-state index contributed by atoms with van der Waals surface area (Å²) in [5, 5.41) is 6.32. The molecule has 30 heavy (non-hydrogen) atoms. The van der Waals surface area contributed by atoms with Gasteiger partial charge in [0.25, 0.3) is 0 Å². The topological polar surface area (TPSA) is 49.7 Å². The van der Waals surface area contributed by atoms with Crippen LogP contribution < -0.4 is 0 Å². The van der Waals surface area contributed by atoms with Crippen molar-refractivity contribution >= 4 is 31.2 Å². The number of sulfonamides is 1. The zero-order valence-electron chi connectivity index (χ0n) is 17.2. The van der Waals surface area contributed by atoms with Crippen molar-refractivity contribution in [2.45, 2.75) is 35.4 Å². The molecular weight excluding hydrogens is 459 g/mol. The van der Waals surface area contributed by atoms with E-state index < -0.39 is 10.0 Å². The third kappa shape index (κ3) is 5.60. The molecule has 0 aliphatic carbocycles. The molecule has 0 N–H and O–H groups in total. The monoisotopic (exact) mass is 486 g/mol. The van der Waals surface area contributed by atoms with Crippen LogP contribution in [0.15, 0.2) is 94.9 Å². The summed E-state index contributed by atoms with van der Waals surface area (Å²) in [4.78, 5) is 0.253. The van der Waals surface area contributed by atoms with Crippen LogP contribution in [0.4, 0.5) is 0 Å². The van der Waals surface area contributed by atoms with Crippen LogP contribution in [0.5, 0.6) is 0 Å². The van der Waals surface area contributed by atoms with E-state index in [0.717, 1.165) is 27.3 Å². The van der Waals surface area contributed by atoms with Gasteiger partial charge >= 0.3 is 186 Å². The molecule has 0 aliphatic rings. The summed E-state index contributed by atoms with van der Waals surface area (Å²) < 4.78 is 28.6. The first-order valence-corrected chi connectivity index (χ1v) is 13.7. The molecule has 0 heterocycles. The first kappa shape index (κ1) is 22.3. The first-order valence-electron chi connectivity index (χ1n) is 9.85. The predicted octanol–water partition coefficient (Wildman–Crippen LogP) is 5.32. The summed E-state index contributed by atoms with van der Waals surface area (Å²) in [6.45, 7) is 4.08. The summed E-state index contributed by atoms with van der Waals surface area (Å²) in [6, 6.07) is 26.0. The number of hydrogen-bond acceptors (Lipinski definition) is 3. The average molecular weight is 486 g/mol. The normalized spacial score (nSPS) is 12.7. The molecule has 3 rings (SSSR count). The second-order valence-electron chi connectivity index (χ2n) is 6.83. The minimum atomic E-state index is -3.82. The molecule has 6 heteroatoms. The summed E-state index contributed by atoms with van der Waals surface area (Å²) in [7, 11) is -3.82. The fraction of sp³-hybridized carbons (Fsp3) is 0.208. The Hall–Kier alpha value is -2.40. The standard InChI is InChI=1S/C24H26N2O2SSe/c1-3-30-19-24(22-12-8-5-9-13-22)26(25-18-21-10-6-4-7-11-21)29(27,28)23-16-14-20(2)15-17-23/h4-18,24H,3,19H2,1-2H3. The van der Waals surface area contributed by atoms with Crippen LogP contribution in [0.1, 0.15) is 29.7 Å². The molecule has 0 saturated carbocycles. The van der Waals surface area contributed by atoms with Gasteiger partial charge in [-0.05, 0) is 0 Å². The Labute approximate surface area is 185 Å². The molecule has 0 aliphatic heterocycles. The van der Waals surface area contributed by atoms with Gasteiger partial charge in [0, 0.05) is 0 Å². The molecule has 3 aromatic rings.